The molecule has 0 saturated carbocycles. The molecule has 0 atom stereocenters. The van der Waals surface area contributed by atoms with Crippen LogP contribution in [0.3, 0.4) is 0 Å². The third kappa shape index (κ3) is 4.12. The van der Waals surface area contributed by atoms with E-state index in [1.54, 1.807) is 13.8 Å². The molecule has 1 aromatic rings. The lowest BCUT2D eigenvalue weighted by atomic mass is 10.2. The number of hydrogen-bond acceptors (Lipinski definition) is 3. The van der Waals surface area contributed by atoms with Crippen LogP contribution in [0.2, 0.25) is 0 Å². The second kappa shape index (κ2) is 6.75. The molecule has 0 saturated heterocycles. The standard InChI is InChI=1S/C11H14BrF2O3P/c1-3-16-18(15,17-4-2)7-8-5-9(13)11(12)10(14)6-8/h5-6H,3-4,7H2,1-2H3. The molecule has 0 unspecified atom stereocenters. The molecule has 0 spiro atoms. The molecule has 1 rings (SSSR count). The van der Waals surface area contributed by atoms with Gasteiger partial charge in [0.25, 0.3) is 0 Å². The second-order valence-electron chi connectivity index (χ2n) is 3.48. The van der Waals surface area contributed by atoms with E-state index in [-0.39, 0.29) is 29.4 Å². The fourth-order valence-electron chi connectivity index (χ4n) is 1.44. The third-order valence-corrected chi connectivity index (χ3v) is 4.88. The highest BCUT2D eigenvalue weighted by molar-refractivity contribution is 9.10. The summed E-state index contributed by atoms with van der Waals surface area (Å²) in [5.74, 6) is -1.49. The Bertz CT molecular complexity index is 435. The third-order valence-electron chi connectivity index (χ3n) is 2.07. The Morgan fingerprint density at radius 1 is 1.17 bits per heavy atom. The summed E-state index contributed by atoms with van der Waals surface area (Å²) in [4.78, 5) is 0. The first kappa shape index (κ1) is 15.8. The van der Waals surface area contributed by atoms with Crippen molar-refractivity contribution in [1.82, 2.24) is 0 Å². The lowest BCUT2D eigenvalue weighted by Crippen LogP contribution is -2.00. The van der Waals surface area contributed by atoms with Gasteiger partial charge in [0.05, 0.1) is 23.8 Å². The predicted molar refractivity (Wildman–Crippen MR) is 68.6 cm³/mol. The van der Waals surface area contributed by atoms with Gasteiger partial charge in [-0.1, -0.05) is 0 Å². The lowest BCUT2D eigenvalue weighted by molar-refractivity contribution is 0.219. The smallest absolute Gasteiger partial charge is 0.309 e. The van der Waals surface area contributed by atoms with Crippen LogP contribution in [0.1, 0.15) is 19.4 Å². The van der Waals surface area contributed by atoms with Crippen LogP contribution in [0.4, 0.5) is 8.78 Å². The molecule has 0 heterocycles. The average Bonchev–Trinajstić information content (AvgIpc) is 2.26. The summed E-state index contributed by atoms with van der Waals surface area (Å²) in [6, 6.07) is 2.22. The van der Waals surface area contributed by atoms with E-state index in [1.807, 2.05) is 0 Å². The van der Waals surface area contributed by atoms with E-state index in [0.717, 1.165) is 12.1 Å². The number of halogens is 3. The minimum atomic E-state index is -3.34. The molecular weight excluding hydrogens is 329 g/mol. The average molecular weight is 343 g/mol. The zero-order valence-electron chi connectivity index (χ0n) is 10.1. The van der Waals surface area contributed by atoms with Crippen molar-refractivity contribution in [3.05, 3.63) is 33.8 Å². The first-order valence-corrected chi connectivity index (χ1v) is 7.95. The van der Waals surface area contributed by atoms with Crippen molar-refractivity contribution in [2.45, 2.75) is 20.0 Å². The summed E-state index contributed by atoms with van der Waals surface area (Å²) < 4.78 is 48.7. The van der Waals surface area contributed by atoms with E-state index >= 15 is 0 Å². The molecule has 1 aromatic carbocycles. The van der Waals surface area contributed by atoms with Gasteiger partial charge in [0.2, 0.25) is 0 Å². The van der Waals surface area contributed by atoms with E-state index in [2.05, 4.69) is 15.9 Å². The summed E-state index contributed by atoms with van der Waals surface area (Å²) >= 11 is 2.77. The van der Waals surface area contributed by atoms with E-state index < -0.39 is 19.2 Å². The maximum absolute atomic E-state index is 13.3. The summed E-state index contributed by atoms with van der Waals surface area (Å²) in [5, 5.41) is 0. The Balaban J connectivity index is 2.98. The predicted octanol–water partition coefficient (Wildman–Crippen LogP) is 4.49. The Labute approximate surface area is 113 Å². The van der Waals surface area contributed by atoms with Crippen LogP contribution >= 0.6 is 23.5 Å². The van der Waals surface area contributed by atoms with Crippen molar-refractivity contribution in [3.8, 4) is 0 Å². The van der Waals surface area contributed by atoms with E-state index in [0.29, 0.717) is 0 Å². The van der Waals surface area contributed by atoms with Crippen molar-refractivity contribution in [1.29, 1.82) is 0 Å². The molecule has 0 N–H and O–H groups in total. The van der Waals surface area contributed by atoms with Crippen LogP contribution in [0.5, 0.6) is 0 Å². The number of rotatable bonds is 6. The van der Waals surface area contributed by atoms with Gasteiger partial charge >= 0.3 is 7.60 Å². The van der Waals surface area contributed by atoms with Crippen LogP contribution in [0.15, 0.2) is 16.6 Å². The fourth-order valence-corrected chi connectivity index (χ4v) is 3.35. The van der Waals surface area contributed by atoms with Crippen molar-refractivity contribution < 1.29 is 22.4 Å². The molecule has 0 radical (unpaired) electrons. The van der Waals surface area contributed by atoms with Crippen LogP contribution in [0, 0.1) is 11.6 Å². The van der Waals surface area contributed by atoms with E-state index in [4.69, 9.17) is 9.05 Å². The fraction of sp³-hybridized carbons (Fsp3) is 0.455. The van der Waals surface area contributed by atoms with Gasteiger partial charge in [0.1, 0.15) is 11.6 Å². The normalized spacial score (nSPS) is 11.8. The van der Waals surface area contributed by atoms with Crippen molar-refractivity contribution in [3.63, 3.8) is 0 Å². The molecule has 0 amide bonds. The first-order chi connectivity index (χ1) is 8.41. The van der Waals surface area contributed by atoms with Crippen LogP contribution in [-0.4, -0.2) is 13.2 Å². The Kier molecular flexibility index (Phi) is 5.92. The van der Waals surface area contributed by atoms with Crippen LogP contribution in [0.25, 0.3) is 0 Å². The maximum atomic E-state index is 13.3. The highest BCUT2D eigenvalue weighted by Crippen LogP contribution is 2.51. The molecule has 3 nitrogen and oxygen atoms in total. The maximum Gasteiger partial charge on any atom is 0.335 e. The van der Waals surface area contributed by atoms with Gasteiger partial charge in [-0.2, -0.15) is 0 Å². The summed E-state index contributed by atoms with van der Waals surface area (Å²) in [6.45, 7) is 3.76. The van der Waals surface area contributed by atoms with E-state index in [9.17, 15) is 13.3 Å². The zero-order chi connectivity index (χ0) is 13.8. The summed E-state index contributed by atoms with van der Waals surface area (Å²) in [5.41, 5.74) is 0.235. The van der Waals surface area contributed by atoms with Crippen LogP contribution in [-0.2, 0) is 19.8 Å². The molecule has 0 aromatic heterocycles. The van der Waals surface area contributed by atoms with E-state index in [1.165, 1.54) is 0 Å². The molecule has 102 valence electrons. The molecule has 18 heavy (non-hydrogen) atoms. The molecular formula is C11H14BrF2O3P. The molecule has 0 aliphatic carbocycles. The van der Waals surface area contributed by atoms with Gasteiger partial charge in [-0.05, 0) is 47.5 Å². The lowest BCUT2D eigenvalue weighted by Gasteiger charge is -2.17. The monoisotopic (exact) mass is 342 g/mol. The summed E-state index contributed by atoms with van der Waals surface area (Å²) in [7, 11) is -3.34. The van der Waals surface area contributed by atoms with Gasteiger partial charge in [-0.25, -0.2) is 8.78 Å². The highest BCUT2D eigenvalue weighted by atomic mass is 79.9. The topological polar surface area (TPSA) is 35.5 Å². The van der Waals surface area contributed by atoms with Crippen molar-refractivity contribution >= 4 is 23.5 Å². The summed E-state index contributed by atoms with van der Waals surface area (Å²) in [6.07, 6.45) is -0.157. The Morgan fingerprint density at radius 2 is 1.61 bits per heavy atom. The Morgan fingerprint density at radius 3 is 2.00 bits per heavy atom. The minimum Gasteiger partial charge on any atom is -0.309 e. The van der Waals surface area contributed by atoms with Gasteiger partial charge in [0.15, 0.2) is 0 Å². The minimum absolute atomic E-state index is 0.157. The number of benzene rings is 1. The molecule has 0 aliphatic rings. The second-order valence-corrected chi connectivity index (χ2v) is 6.33. The highest BCUT2D eigenvalue weighted by Gasteiger charge is 2.25. The molecule has 0 fully saturated rings. The van der Waals surface area contributed by atoms with Crippen molar-refractivity contribution in [2.75, 3.05) is 13.2 Å². The van der Waals surface area contributed by atoms with Crippen LogP contribution < -0.4 is 0 Å². The Hall–Kier alpha value is -0.290. The molecule has 0 bridgehead atoms. The van der Waals surface area contributed by atoms with Gasteiger partial charge < -0.3 is 9.05 Å². The first-order valence-electron chi connectivity index (χ1n) is 5.43. The quantitative estimate of drug-likeness (QED) is 0.564. The zero-order valence-corrected chi connectivity index (χ0v) is 12.6. The van der Waals surface area contributed by atoms with Gasteiger partial charge in [0, 0.05) is 0 Å². The van der Waals surface area contributed by atoms with Crippen molar-refractivity contribution in [2.24, 2.45) is 0 Å². The number of hydrogen-bond donors (Lipinski definition) is 0. The molecule has 7 heteroatoms. The van der Waals surface area contributed by atoms with Gasteiger partial charge in [-0.3, -0.25) is 4.57 Å². The van der Waals surface area contributed by atoms with Gasteiger partial charge in [-0.15, -0.1) is 0 Å². The molecule has 0 aliphatic heterocycles. The SMILES string of the molecule is CCOP(=O)(Cc1cc(F)c(Br)c(F)c1)OCC. The largest absolute Gasteiger partial charge is 0.335 e.